The lowest BCUT2D eigenvalue weighted by atomic mass is 10.1. The van der Waals surface area contributed by atoms with Crippen LogP contribution in [0.15, 0.2) is 35.7 Å². The molecule has 1 aromatic carbocycles. The normalized spacial score (nSPS) is 13.5. The van der Waals surface area contributed by atoms with E-state index in [9.17, 15) is 9.90 Å². The molecule has 0 radical (unpaired) electrons. The van der Waals surface area contributed by atoms with Crippen LogP contribution in [0.4, 0.5) is 10.5 Å². The fourth-order valence-corrected chi connectivity index (χ4v) is 2.78. The van der Waals surface area contributed by atoms with Gasteiger partial charge in [0.15, 0.2) is 0 Å². The Bertz CT molecular complexity index is 627. The molecule has 0 saturated heterocycles. The number of aryl methyl sites for hydroxylation is 1. The molecule has 2 amide bonds. The molecule has 0 aliphatic rings. The van der Waals surface area contributed by atoms with Crippen LogP contribution >= 0.6 is 22.9 Å². The van der Waals surface area contributed by atoms with Crippen molar-refractivity contribution in [2.45, 2.75) is 19.4 Å². The third kappa shape index (κ3) is 4.20. The summed E-state index contributed by atoms with van der Waals surface area (Å²) in [5.74, 6) is 0. The molecule has 0 saturated carbocycles. The Morgan fingerprint density at radius 3 is 2.86 bits per heavy atom. The quantitative estimate of drug-likeness (QED) is 0.802. The highest BCUT2D eigenvalue weighted by Crippen LogP contribution is 2.24. The molecule has 3 N–H and O–H groups in total. The molecule has 0 aliphatic heterocycles. The van der Waals surface area contributed by atoms with Crippen molar-refractivity contribution in [2.75, 3.05) is 11.9 Å². The summed E-state index contributed by atoms with van der Waals surface area (Å²) in [6, 6.07) is 8.61. The van der Waals surface area contributed by atoms with E-state index < -0.39 is 5.60 Å². The molecule has 2 aromatic rings. The molecule has 2 rings (SSSR count). The molecule has 0 fully saturated rings. The van der Waals surface area contributed by atoms with Gasteiger partial charge >= 0.3 is 6.03 Å². The molecular weight excluding hydrogens is 308 g/mol. The lowest BCUT2D eigenvalue weighted by Gasteiger charge is -2.22. The SMILES string of the molecule is Cc1ccc(Cl)cc1NC(=O)NCC(C)(O)c1cccs1. The molecular formula is C15H17ClN2O2S. The topological polar surface area (TPSA) is 61.4 Å². The number of amides is 2. The Hall–Kier alpha value is -1.56. The fourth-order valence-electron chi connectivity index (χ4n) is 1.82. The minimum absolute atomic E-state index is 0.124. The summed E-state index contributed by atoms with van der Waals surface area (Å²) >= 11 is 7.36. The number of rotatable bonds is 4. The first-order chi connectivity index (χ1) is 9.88. The van der Waals surface area contributed by atoms with Gasteiger partial charge in [-0.15, -0.1) is 11.3 Å². The van der Waals surface area contributed by atoms with Crippen molar-refractivity contribution in [3.8, 4) is 0 Å². The number of benzene rings is 1. The van der Waals surface area contributed by atoms with Crippen LogP contribution in [-0.2, 0) is 5.60 Å². The standard InChI is InChI=1S/C15H17ClN2O2S/c1-10-5-6-11(16)8-12(10)18-14(19)17-9-15(2,20)13-4-3-7-21-13/h3-8,20H,9H2,1-2H3,(H2,17,18,19). The van der Waals surface area contributed by atoms with Crippen molar-refractivity contribution in [3.05, 3.63) is 51.2 Å². The van der Waals surface area contributed by atoms with Crippen LogP contribution in [0.1, 0.15) is 17.4 Å². The minimum Gasteiger partial charge on any atom is -0.383 e. The number of carbonyl (C=O) groups is 1. The summed E-state index contributed by atoms with van der Waals surface area (Å²) in [7, 11) is 0. The predicted molar refractivity (Wildman–Crippen MR) is 87.1 cm³/mol. The second-order valence-corrected chi connectivity index (χ2v) is 6.40. The molecule has 1 aromatic heterocycles. The van der Waals surface area contributed by atoms with Gasteiger partial charge < -0.3 is 15.7 Å². The van der Waals surface area contributed by atoms with Crippen LogP contribution in [-0.4, -0.2) is 17.7 Å². The zero-order chi connectivity index (χ0) is 15.5. The average Bonchev–Trinajstić information content (AvgIpc) is 2.96. The Kier molecular flexibility index (Phi) is 4.88. The largest absolute Gasteiger partial charge is 0.383 e. The molecule has 0 spiro atoms. The number of aliphatic hydroxyl groups is 1. The molecule has 21 heavy (non-hydrogen) atoms. The number of thiophene rings is 1. The number of nitrogens with one attached hydrogen (secondary N) is 2. The molecule has 1 unspecified atom stereocenters. The van der Waals surface area contributed by atoms with Crippen LogP contribution in [0.25, 0.3) is 0 Å². The number of urea groups is 1. The highest BCUT2D eigenvalue weighted by atomic mass is 35.5. The summed E-state index contributed by atoms with van der Waals surface area (Å²) < 4.78 is 0. The van der Waals surface area contributed by atoms with Gasteiger partial charge in [-0.1, -0.05) is 23.7 Å². The van der Waals surface area contributed by atoms with E-state index in [0.717, 1.165) is 10.4 Å². The molecule has 0 aliphatic carbocycles. The van der Waals surface area contributed by atoms with Crippen molar-refractivity contribution in [2.24, 2.45) is 0 Å². The van der Waals surface area contributed by atoms with Gasteiger partial charge in [0, 0.05) is 15.6 Å². The van der Waals surface area contributed by atoms with E-state index in [1.54, 1.807) is 19.1 Å². The monoisotopic (exact) mass is 324 g/mol. The fraction of sp³-hybridized carbons (Fsp3) is 0.267. The van der Waals surface area contributed by atoms with E-state index in [0.29, 0.717) is 10.7 Å². The molecule has 1 heterocycles. The lowest BCUT2D eigenvalue weighted by molar-refractivity contribution is 0.0637. The maximum atomic E-state index is 11.9. The summed E-state index contributed by atoms with van der Waals surface area (Å²) in [5, 5.41) is 18.2. The predicted octanol–water partition coefficient (Wildman–Crippen LogP) is 3.74. The first-order valence-corrected chi connectivity index (χ1v) is 7.71. The summed E-state index contributed by atoms with van der Waals surface area (Å²) in [4.78, 5) is 12.7. The Balaban J connectivity index is 1.95. The first kappa shape index (κ1) is 15.8. The molecule has 112 valence electrons. The molecule has 1 atom stereocenters. The van der Waals surface area contributed by atoms with Gasteiger partial charge in [0.05, 0.1) is 6.54 Å². The van der Waals surface area contributed by atoms with Gasteiger partial charge in [0.25, 0.3) is 0 Å². The van der Waals surface area contributed by atoms with E-state index >= 15 is 0 Å². The van der Waals surface area contributed by atoms with Crippen molar-refractivity contribution in [3.63, 3.8) is 0 Å². The number of anilines is 1. The summed E-state index contributed by atoms with van der Waals surface area (Å²) in [6.07, 6.45) is 0. The van der Waals surface area contributed by atoms with Crippen LogP contribution in [0.5, 0.6) is 0 Å². The summed E-state index contributed by atoms with van der Waals surface area (Å²) in [6.45, 7) is 3.68. The smallest absolute Gasteiger partial charge is 0.319 e. The highest BCUT2D eigenvalue weighted by Gasteiger charge is 2.24. The zero-order valence-electron chi connectivity index (χ0n) is 11.8. The van der Waals surface area contributed by atoms with E-state index in [1.165, 1.54) is 11.3 Å². The van der Waals surface area contributed by atoms with E-state index in [-0.39, 0.29) is 12.6 Å². The maximum Gasteiger partial charge on any atom is 0.319 e. The van der Waals surface area contributed by atoms with Gasteiger partial charge in [-0.05, 0) is 43.0 Å². The second kappa shape index (κ2) is 6.47. The van der Waals surface area contributed by atoms with E-state index in [2.05, 4.69) is 10.6 Å². The van der Waals surface area contributed by atoms with Crippen molar-refractivity contribution < 1.29 is 9.90 Å². The Morgan fingerprint density at radius 1 is 1.43 bits per heavy atom. The Morgan fingerprint density at radius 2 is 2.19 bits per heavy atom. The van der Waals surface area contributed by atoms with Gasteiger partial charge in [-0.2, -0.15) is 0 Å². The second-order valence-electron chi connectivity index (χ2n) is 5.02. The van der Waals surface area contributed by atoms with Crippen LogP contribution in [0.2, 0.25) is 5.02 Å². The average molecular weight is 325 g/mol. The van der Waals surface area contributed by atoms with Gasteiger partial charge in [0.1, 0.15) is 5.60 Å². The molecule has 4 nitrogen and oxygen atoms in total. The van der Waals surface area contributed by atoms with Crippen LogP contribution < -0.4 is 10.6 Å². The number of halogens is 1. The number of hydrogen-bond acceptors (Lipinski definition) is 3. The molecule has 0 bridgehead atoms. The van der Waals surface area contributed by atoms with Crippen molar-refractivity contribution >= 4 is 34.7 Å². The third-order valence-corrected chi connectivity index (χ3v) is 4.45. The van der Waals surface area contributed by atoms with Gasteiger partial charge in [-0.25, -0.2) is 4.79 Å². The first-order valence-electron chi connectivity index (χ1n) is 6.46. The van der Waals surface area contributed by atoms with Gasteiger partial charge in [0.2, 0.25) is 0 Å². The highest BCUT2D eigenvalue weighted by molar-refractivity contribution is 7.10. The Labute approximate surface area is 132 Å². The molecule has 6 heteroatoms. The summed E-state index contributed by atoms with van der Waals surface area (Å²) in [5.41, 5.74) is 0.477. The van der Waals surface area contributed by atoms with E-state index in [1.807, 2.05) is 30.5 Å². The van der Waals surface area contributed by atoms with E-state index in [4.69, 9.17) is 11.6 Å². The van der Waals surface area contributed by atoms with Gasteiger partial charge in [-0.3, -0.25) is 0 Å². The van der Waals surface area contributed by atoms with Crippen molar-refractivity contribution in [1.29, 1.82) is 0 Å². The minimum atomic E-state index is -1.09. The maximum absolute atomic E-state index is 11.9. The number of hydrogen-bond donors (Lipinski definition) is 3. The van der Waals surface area contributed by atoms with Crippen molar-refractivity contribution in [1.82, 2.24) is 5.32 Å². The number of carbonyl (C=O) groups excluding carboxylic acids is 1. The lowest BCUT2D eigenvalue weighted by Crippen LogP contribution is -2.40. The van der Waals surface area contributed by atoms with Crippen LogP contribution in [0.3, 0.4) is 0 Å². The zero-order valence-corrected chi connectivity index (χ0v) is 13.4. The van der Waals surface area contributed by atoms with Crippen LogP contribution in [0, 0.1) is 6.92 Å². The third-order valence-electron chi connectivity index (χ3n) is 3.09.